The highest BCUT2D eigenvalue weighted by molar-refractivity contribution is 7.07. The van der Waals surface area contributed by atoms with E-state index in [1.165, 1.54) is 17.4 Å². The molecule has 0 bridgehead atoms. The summed E-state index contributed by atoms with van der Waals surface area (Å²) in [5.74, 6) is 0.146. The molecule has 5 heteroatoms. The van der Waals surface area contributed by atoms with Crippen LogP contribution in [-0.2, 0) is 4.79 Å². The first-order chi connectivity index (χ1) is 9.75. The number of Topliss-reactive ketones (excluding diaryl/α,β-unsaturated/α-hetero) is 1. The Morgan fingerprint density at radius 2 is 1.86 bits per heavy atom. The minimum Gasteiger partial charge on any atom is -0.508 e. The molecule has 2 aromatic rings. The van der Waals surface area contributed by atoms with Gasteiger partial charge in [0.15, 0.2) is 5.78 Å². The zero-order chi connectivity index (χ0) is 15.6. The van der Waals surface area contributed by atoms with Crippen LogP contribution in [-0.4, -0.2) is 15.9 Å². The van der Waals surface area contributed by atoms with Crippen molar-refractivity contribution in [3.8, 4) is 5.75 Å². The maximum absolute atomic E-state index is 11.9. The van der Waals surface area contributed by atoms with Crippen LogP contribution >= 0.6 is 11.3 Å². The summed E-state index contributed by atoms with van der Waals surface area (Å²) in [6.45, 7) is 5.50. The van der Waals surface area contributed by atoms with Crippen molar-refractivity contribution in [2.45, 2.75) is 20.8 Å². The Balaban J connectivity index is 2.45. The van der Waals surface area contributed by atoms with Gasteiger partial charge in [-0.1, -0.05) is 32.9 Å². The third-order valence-electron chi connectivity index (χ3n) is 2.87. The van der Waals surface area contributed by atoms with E-state index in [0.717, 1.165) is 5.56 Å². The molecule has 0 aliphatic heterocycles. The van der Waals surface area contributed by atoms with Gasteiger partial charge in [-0.15, -0.1) is 11.3 Å². The topological polar surface area (TPSA) is 70.2 Å². The standard InChI is InChI=1S/C16H17NO3S/c1-16(2,3)13(19)9-14-17-15(20)12(21-14)8-10-4-6-11(18)7-5-10/h4-9,18H,1-3H3,(H,17,20)/b12-8+,14-9+. The van der Waals surface area contributed by atoms with Gasteiger partial charge in [0.25, 0.3) is 5.56 Å². The molecule has 2 rings (SSSR count). The molecule has 0 saturated carbocycles. The van der Waals surface area contributed by atoms with Gasteiger partial charge in [-0.25, -0.2) is 0 Å². The van der Waals surface area contributed by atoms with Crippen molar-refractivity contribution in [1.29, 1.82) is 0 Å². The van der Waals surface area contributed by atoms with Crippen molar-refractivity contribution in [1.82, 2.24) is 4.98 Å². The minimum absolute atomic E-state index is 0.0313. The van der Waals surface area contributed by atoms with Gasteiger partial charge < -0.3 is 10.1 Å². The van der Waals surface area contributed by atoms with E-state index >= 15 is 0 Å². The normalized spacial score (nSPS) is 13.7. The van der Waals surface area contributed by atoms with Crippen LogP contribution in [0.15, 0.2) is 29.1 Å². The Bertz CT molecular complexity index is 820. The van der Waals surface area contributed by atoms with Crippen LogP contribution in [0.25, 0.3) is 12.2 Å². The fourth-order valence-corrected chi connectivity index (χ4v) is 2.47. The van der Waals surface area contributed by atoms with Gasteiger partial charge in [-0.2, -0.15) is 0 Å². The van der Waals surface area contributed by atoms with Gasteiger partial charge in [-0.05, 0) is 23.8 Å². The second-order valence-corrected chi connectivity index (χ2v) is 6.86. The van der Waals surface area contributed by atoms with Crippen LogP contribution in [0.3, 0.4) is 0 Å². The van der Waals surface area contributed by atoms with Crippen LogP contribution < -0.4 is 14.8 Å². The summed E-state index contributed by atoms with van der Waals surface area (Å²) < 4.78 is 1.07. The van der Waals surface area contributed by atoms with E-state index in [-0.39, 0.29) is 17.1 Å². The second kappa shape index (κ2) is 5.69. The van der Waals surface area contributed by atoms with Gasteiger partial charge in [-0.3, -0.25) is 9.59 Å². The third kappa shape index (κ3) is 3.92. The molecule has 0 atom stereocenters. The Morgan fingerprint density at radius 3 is 2.43 bits per heavy atom. The zero-order valence-corrected chi connectivity index (χ0v) is 13.0. The van der Waals surface area contributed by atoms with Gasteiger partial charge in [0.2, 0.25) is 0 Å². The molecule has 1 heterocycles. The van der Waals surface area contributed by atoms with Crippen molar-refractivity contribution in [2.75, 3.05) is 0 Å². The molecular weight excluding hydrogens is 286 g/mol. The first-order valence-electron chi connectivity index (χ1n) is 6.52. The highest BCUT2D eigenvalue weighted by Gasteiger charge is 2.18. The van der Waals surface area contributed by atoms with E-state index in [0.29, 0.717) is 9.20 Å². The molecule has 2 N–H and O–H groups in total. The molecule has 0 fully saturated rings. The molecule has 4 nitrogen and oxygen atoms in total. The lowest BCUT2D eigenvalue weighted by atomic mass is 9.91. The lowest BCUT2D eigenvalue weighted by molar-refractivity contribution is -0.119. The number of nitrogens with one attached hydrogen (secondary N) is 1. The number of rotatable bonds is 2. The Kier molecular flexibility index (Phi) is 4.14. The van der Waals surface area contributed by atoms with E-state index in [1.54, 1.807) is 30.3 Å². The van der Waals surface area contributed by atoms with Gasteiger partial charge in [0, 0.05) is 11.5 Å². The average molecular weight is 303 g/mol. The number of thiazole rings is 1. The highest BCUT2D eigenvalue weighted by atomic mass is 32.1. The summed E-state index contributed by atoms with van der Waals surface area (Å²) >= 11 is 1.24. The molecule has 0 amide bonds. The van der Waals surface area contributed by atoms with Crippen LogP contribution in [0, 0.1) is 5.41 Å². The number of hydrogen-bond donors (Lipinski definition) is 2. The number of benzene rings is 1. The summed E-state index contributed by atoms with van der Waals surface area (Å²) in [6.07, 6.45) is 3.20. The summed E-state index contributed by atoms with van der Waals surface area (Å²) in [6, 6.07) is 6.56. The molecule has 0 radical (unpaired) electrons. The molecule has 21 heavy (non-hydrogen) atoms. The van der Waals surface area contributed by atoms with E-state index in [9.17, 15) is 14.7 Å². The molecule has 0 saturated heterocycles. The van der Waals surface area contributed by atoms with E-state index in [1.807, 2.05) is 20.8 Å². The fraction of sp³-hybridized carbons (Fsp3) is 0.250. The predicted molar refractivity (Wildman–Crippen MR) is 84.8 cm³/mol. The smallest absolute Gasteiger partial charge is 0.266 e. The van der Waals surface area contributed by atoms with Crippen molar-refractivity contribution in [2.24, 2.45) is 5.41 Å². The van der Waals surface area contributed by atoms with Crippen molar-refractivity contribution in [3.05, 3.63) is 49.4 Å². The Hall–Kier alpha value is -2.14. The maximum Gasteiger partial charge on any atom is 0.266 e. The number of phenols is 1. The molecule has 0 aliphatic carbocycles. The Labute approximate surface area is 126 Å². The average Bonchev–Trinajstić information content (AvgIpc) is 2.71. The molecule has 0 spiro atoms. The fourth-order valence-electron chi connectivity index (χ4n) is 1.58. The maximum atomic E-state index is 11.9. The minimum atomic E-state index is -0.471. The monoisotopic (exact) mass is 303 g/mol. The van der Waals surface area contributed by atoms with E-state index < -0.39 is 5.41 Å². The molecule has 0 aliphatic rings. The first kappa shape index (κ1) is 15.3. The van der Waals surface area contributed by atoms with Crippen LogP contribution in [0.5, 0.6) is 5.75 Å². The number of aromatic hydroxyl groups is 1. The Morgan fingerprint density at radius 1 is 1.24 bits per heavy atom. The summed E-state index contributed by atoms with van der Waals surface area (Å²) in [4.78, 5) is 26.5. The zero-order valence-electron chi connectivity index (χ0n) is 12.1. The van der Waals surface area contributed by atoms with E-state index in [4.69, 9.17) is 0 Å². The lowest BCUT2D eigenvalue weighted by Gasteiger charge is -2.12. The predicted octanol–water partition coefficient (Wildman–Crippen LogP) is 1.37. The van der Waals surface area contributed by atoms with E-state index in [2.05, 4.69) is 4.98 Å². The molecular formula is C16H17NO3S. The number of phenolic OH excluding ortho intramolecular Hbond substituents is 1. The summed E-state index contributed by atoms with van der Waals surface area (Å²) in [7, 11) is 0. The molecule has 0 unspecified atom stereocenters. The number of carbonyl (C=O) groups is 1. The van der Waals surface area contributed by atoms with Crippen LogP contribution in [0.2, 0.25) is 0 Å². The number of hydrogen-bond acceptors (Lipinski definition) is 4. The van der Waals surface area contributed by atoms with Gasteiger partial charge in [0.05, 0.1) is 9.20 Å². The summed E-state index contributed by atoms with van der Waals surface area (Å²) in [5.41, 5.74) is 0.122. The quantitative estimate of drug-likeness (QED) is 0.880. The first-order valence-corrected chi connectivity index (χ1v) is 7.33. The van der Waals surface area contributed by atoms with Crippen molar-refractivity contribution >= 4 is 29.3 Å². The van der Waals surface area contributed by atoms with Gasteiger partial charge in [0.1, 0.15) is 5.75 Å². The SMILES string of the molecule is CC(C)(C)C(=O)/C=c1\[nH]c(=O)/c(=C\c2ccc(O)cc2)s1. The number of ketones is 1. The van der Waals surface area contributed by atoms with Crippen molar-refractivity contribution in [3.63, 3.8) is 0 Å². The molecule has 1 aromatic heterocycles. The van der Waals surface area contributed by atoms with Crippen LogP contribution in [0.4, 0.5) is 0 Å². The highest BCUT2D eigenvalue weighted by Crippen LogP contribution is 2.14. The number of carbonyl (C=O) groups excluding carboxylic acids is 1. The second-order valence-electron chi connectivity index (χ2n) is 5.78. The summed E-state index contributed by atoms with van der Waals surface area (Å²) in [5, 5.41) is 9.24. The van der Waals surface area contributed by atoms with Crippen molar-refractivity contribution < 1.29 is 9.90 Å². The number of H-pyrrole nitrogens is 1. The number of aromatic amines is 1. The van der Waals surface area contributed by atoms with Crippen LogP contribution in [0.1, 0.15) is 26.3 Å². The largest absolute Gasteiger partial charge is 0.508 e. The third-order valence-corrected chi connectivity index (χ3v) is 3.84. The number of aromatic nitrogens is 1. The molecule has 110 valence electrons. The van der Waals surface area contributed by atoms with Gasteiger partial charge >= 0.3 is 0 Å². The lowest BCUT2D eigenvalue weighted by Crippen LogP contribution is -2.22. The molecule has 1 aromatic carbocycles.